The van der Waals surface area contributed by atoms with Gasteiger partial charge in [-0.25, -0.2) is 9.59 Å². The van der Waals surface area contributed by atoms with E-state index in [9.17, 15) is 14.7 Å². The van der Waals surface area contributed by atoms with Crippen molar-refractivity contribution in [3.8, 4) is 0 Å². The van der Waals surface area contributed by atoms with Gasteiger partial charge >= 0.3 is 12.1 Å². The molecule has 1 aliphatic heterocycles. The van der Waals surface area contributed by atoms with Crippen molar-refractivity contribution in [2.75, 3.05) is 6.61 Å². The Hall–Kier alpha value is -3.72. The summed E-state index contributed by atoms with van der Waals surface area (Å²) in [5, 5.41) is 10.1. The van der Waals surface area contributed by atoms with Crippen LogP contribution < -0.4 is 0 Å². The Balaban J connectivity index is 1.51. The van der Waals surface area contributed by atoms with E-state index in [1.54, 1.807) is 13.8 Å². The zero-order valence-electron chi connectivity index (χ0n) is 22.3. The van der Waals surface area contributed by atoms with Crippen LogP contribution in [0.4, 0.5) is 4.79 Å². The second kappa shape index (κ2) is 13.4. The molecule has 0 spiro atoms. The van der Waals surface area contributed by atoms with Crippen LogP contribution >= 0.6 is 0 Å². The summed E-state index contributed by atoms with van der Waals surface area (Å²) in [6.07, 6.45) is -2.48. The molecule has 1 fully saturated rings. The average molecular weight is 534 g/mol. The van der Waals surface area contributed by atoms with Gasteiger partial charge in [-0.3, -0.25) is 4.90 Å². The first-order chi connectivity index (χ1) is 18.8. The number of rotatable bonds is 12. The molecule has 3 atom stereocenters. The predicted octanol–water partition coefficient (Wildman–Crippen LogP) is 5.41. The van der Waals surface area contributed by atoms with Crippen LogP contribution in [0.3, 0.4) is 0 Å². The molecule has 1 heterocycles. The fraction of sp³-hybridized carbons (Fsp3) is 0.355. The van der Waals surface area contributed by atoms with Crippen molar-refractivity contribution in [2.24, 2.45) is 0 Å². The average Bonchev–Trinajstić information content (AvgIpc) is 3.25. The first-order valence-electron chi connectivity index (χ1n) is 13.0. The third kappa shape index (κ3) is 7.89. The number of hydrogen-bond acceptors (Lipinski definition) is 6. The van der Waals surface area contributed by atoms with E-state index >= 15 is 0 Å². The molecule has 8 heteroatoms. The quantitative estimate of drug-likeness (QED) is 0.333. The summed E-state index contributed by atoms with van der Waals surface area (Å²) >= 11 is 0. The third-order valence-corrected chi connectivity index (χ3v) is 6.64. The van der Waals surface area contributed by atoms with Crippen LogP contribution in [0.1, 0.15) is 37.0 Å². The van der Waals surface area contributed by atoms with Gasteiger partial charge in [0.15, 0.2) is 6.10 Å². The summed E-state index contributed by atoms with van der Waals surface area (Å²) in [6.45, 7) is 4.21. The molecule has 0 aliphatic carbocycles. The molecule has 8 nitrogen and oxygen atoms in total. The summed E-state index contributed by atoms with van der Waals surface area (Å²) in [6, 6.07) is 27.8. The summed E-state index contributed by atoms with van der Waals surface area (Å²) in [5.41, 5.74) is 1.68. The first kappa shape index (κ1) is 28.3. The summed E-state index contributed by atoms with van der Waals surface area (Å²) in [4.78, 5) is 27.2. The van der Waals surface area contributed by atoms with Crippen molar-refractivity contribution < 1.29 is 33.6 Å². The lowest BCUT2D eigenvalue weighted by Crippen LogP contribution is -2.50. The number of amides is 1. The second-order valence-electron chi connectivity index (χ2n) is 9.95. The van der Waals surface area contributed by atoms with E-state index < -0.39 is 36.0 Å². The normalized spacial score (nSPS) is 17.9. The maximum atomic E-state index is 13.3. The van der Waals surface area contributed by atoms with Crippen molar-refractivity contribution in [3.63, 3.8) is 0 Å². The van der Waals surface area contributed by atoms with Crippen LogP contribution in [0.2, 0.25) is 0 Å². The molecule has 3 aromatic carbocycles. The standard InChI is InChI=1S/C31H35NO7/c1-31(2)32(30(35)38-21-25-16-10-5-11-17-25)26(22-39-31)18-27(36-19-23-12-6-3-7-13-23)28(29(33)34)37-20-24-14-8-4-9-15-24/h3-17,26-28H,18-22H2,1-2H3,(H,33,34)/t26-,27+,28+/m0/s1. The van der Waals surface area contributed by atoms with E-state index in [2.05, 4.69) is 0 Å². The first-order valence-corrected chi connectivity index (χ1v) is 13.0. The minimum absolute atomic E-state index is 0.110. The number of carbonyl (C=O) groups excluding carboxylic acids is 1. The van der Waals surface area contributed by atoms with Crippen LogP contribution in [-0.2, 0) is 43.6 Å². The highest BCUT2D eigenvalue weighted by Gasteiger charge is 2.47. The van der Waals surface area contributed by atoms with Crippen molar-refractivity contribution >= 4 is 12.1 Å². The molecular formula is C31H35NO7. The largest absolute Gasteiger partial charge is 0.479 e. The summed E-state index contributed by atoms with van der Waals surface area (Å²) in [5.74, 6) is -1.14. The SMILES string of the molecule is CC1(C)OC[C@H](C[C@@H](OCc2ccccc2)[C@@H](OCc2ccccc2)C(=O)O)N1C(=O)OCc1ccccc1. The molecule has 0 radical (unpaired) electrons. The Morgan fingerprint density at radius 2 is 1.33 bits per heavy atom. The van der Waals surface area contributed by atoms with Gasteiger partial charge in [0.25, 0.3) is 0 Å². The minimum Gasteiger partial charge on any atom is -0.479 e. The van der Waals surface area contributed by atoms with Gasteiger partial charge in [0, 0.05) is 0 Å². The van der Waals surface area contributed by atoms with E-state index in [0.29, 0.717) is 0 Å². The molecule has 1 N–H and O–H groups in total. The lowest BCUT2D eigenvalue weighted by molar-refractivity contribution is -0.166. The highest BCUT2D eigenvalue weighted by atomic mass is 16.6. The molecule has 0 aromatic heterocycles. The molecule has 0 bridgehead atoms. The number of hydrogen-bond donors (Lipinski definition) is 1. The number of nitrogens with zero attached hydrogens (tertiary/aromatic N) is 1. The molecule has 1 aliphatic rings. The van der Waals surface area contributed by atoms with Gasteiger partial charge in [0.2, 0.25) is 0 Å². The second-order valence-corrected chi connectivity index (χ2v) is 9.95. The Bertz CT molecular complexity index is 1190. The van der Waals surface area contributed by atoms with E-state index in [1.807, 2.05) is 91.0 Å². The molecule has 1 amide bonds. The molecule has 1 saturated heterocycles. The van der Waals surface area contributed by atoms with Crippen LogP contribution in [0.15, 0.2) is 91.0 Å². The van der Waals surface area contributed by atoms with Gasteiger partial charge < -0.3 is 24.1 Å². The maximum Gasteiger partial charge on any atom is 0.412 e. The Morgan fingerprint density at radius 1 is 0.846 bits per heavy atom. The highest BCUT2D eigenvalue weighted by Crippen LogP contribution is 2.32. The van der Waals surface area contributed by atoms with Gasteiger partial charge in [-0.1, -0.05) is 91.0 Å². The molecule has 206 valence electrons. The molecule has 0 unspecified atom stereocenters. The van der Waals surface area contributed by atoms with Crippen LogP contribution in [0.5, 0.6) is 0 Å². The number of carboxylic acid groups (broad SMARTS) is 1. The van der Waals surface area contributed by atoms with Crippen LogP contribution in [-0.4, -0.2) is 52.7 Å². The zero-order chi connectivity index (χ0) is 27.7. The number of ether oxygens (including phenoxy) is 4. The fourth-order valence-electron chi connectivity index (χ4n) is 4.64. The highest BCUT2D eigenvalue weighted by molar-refractivity contribution is 5.73. The van der Waals surface area contributed by atoms with Crippen molar-refractivity contribution in [2.45, 2.75) is 64.1 Å². The smallest absolute Gasteiger partial charge is 0.412 e. The van der Waals surface area contributed by atoms with Crippen LogP contribution in [0.25, 0.3) is 0 Å². The van der Waals surface area contributed by atoms with Crippen molar-refractivity contribution in [1.29, 1.82) is 0 Å². The van der Waals surface area contributed by atoms with E-state index in [-0.39, 0.29) is 32.8 Å². The fourth-order valence-corrected chi connectivity index (χ4v) is 4.64. The van der Waals surface area contributed by atoms with Gasteiger partial charge in [-0.05, 0) is 37.0 Å². The third-order valence-electron chi connectivity index (χ3n) is 6.64. The molecular weight excluding hydrogens is 498 g/mol. The zero-order valence-corrected chi connectivity index (χ0v) is 22.3. The number of carbonyl (C=O) groups is 2. The predicted molar refractivity (Wildman–Crippen MR) is 145 cm³/mol. The van der Waals surface area contributed by atoms with E-state index in [1.165, 1.54) is 4.90 Å². The van der Waals surface area contributed by atoms with Crippen LogP contribution in [0, 0.1) is 0 Å². The van der Waals surface area contributed by atoms with Gasteiger partial charge in [0.1, 0.15) is 12.3 Å². The monoisotopic (exact) mass is 533 g/mol. The van der Waals surface area contributed by atoms with E-state index in [0.717, 1.165) is 16.7 Å². The van der Waals surface area contributed by atoms with Crippen molar-refractivity contribution in [1.82, 2.24) is 4.90 Å². The van der Waals surface area contributed by atoms with Gasteiger partial charge in [0.05, 0.1) is 32.0 Å². The molecule has 39 heavy (non-hydrogen) atoms. The van der Waals surface area contributed by atoms with Gasteiger partial charge in [-0.15, -0.1) is 0 Å². The lowest BCUT2D eigenvalue weighted by atomic mass is 10.0. The summed E-state index contributed by atoms with van der Waals surface area (Å²) < 4.78 is 23.7. The number of aliphatic carboxylic acids is 1. The molecule has 0 saturated carbocycles. The molecule has 4 rings (SSSR count). The Morgan fingerprint density at radius 3 is 1.85 bits per heavy atom. The topological polar surface area (TPSA) is 94.5 Å². The summed E-state index contributed by atoms with van der Waals surface area (Å²) in [7, 11) is 0. The lowest BCUT2D eigenvalue weighted by Gasteiger charge is -2.35. The number of benzene rings is 3. The molecule has 3 aromatic rings. The maximum absolute atomic E-state index is 13.3. The van der Waals surface area contributed by atoms with E-state index in [4.69, 9.17) is 18.9 Å². The Kier molecular flexibility index (Phi) is 9.70. The van der Waals surface area contributed by atoms with Gasteiger partial charge in [-0.2, -0.15) is 0 Å². The Labute approximate surface area is 229 Å². The number of carboxylic acids is 1. The minimum atomic E-state index is -1.26. The van der Waals surface area contributed by atoms with Crippen molar-refractivity contribution in [3.05, 3.63) is 108 Å².